The van der Waals surface area contributed by atoms with Crippen LogP contribution >= 0.6 is 0 Å². The molecule has 6 rings (SSSR count). The Kier molecular flexibility index (Phi) is 20.9. The second-order valence-corrected chi connectivity index (χ2v) is 22.9. The van der Waals surface area contributed by atoms with Crippen LogP contribution in [0.3, 0.4) is 0 Å². The van der Waals surface area contributed by atoms with E-state index >= 15 is 0 Å². The second kappa shape index (κ2) is 22.7. The molecule has 0 N–H and O–H groups in total. The van der Waals surface area contributed by atoms with Gasteiger partial charge >= 0.3 is 0 Å². The highest BCUT2D eigenvalue weighted by molar-refractivity contribution is 4.95. The van der Waals surface area contributed by atoms with Gasteiger partial charge in [-0.15, -0.1) is 0 Å². The first-order chi connectivity index (χ1) is 25.8. The lowest BCUT2D eigenvalue weighted by molar-refractivity contribution is -0.171. The molecule has 332 valence electrons. The van der Waals surface area contributed by atoms with E-state index in [1.165, 1.54) is 44.8 Å². The summed E-state index contributed by atoms with van der Waals surface area (Å²) in [5.74, 6) is 1.31. The summed E-state index contributed by atoms with van der Waals surface area (Å²) in [7, 11) is 0. The first-order valence-corrected chi connectivity index (χ1v) is 22.2. The van der Waals surface area contributed by atoms with Gasteiger partial charge in [0.15, 0.2) is 0 Å². The Balaban J connectivity index is 0.000000249. The van der Waals surface area contributed by atoms with Gasteiger partial charge in [0.05, 0.1) is 90.6 Å². The maximum absolute atomic E-state index is 5.68. The zero-order valence-corrected chi connectivity index (χ0v) is 39.6. The Bertz CT molecular complexity index is 1030. The molecular weight excluding hydrogens is 705 g/mol. The van der Waals surface area contributed by atoms with Crippen molar-refractivity contribution in [3.63, 3.8) is 0 Å². The monoisotopic (exact) mass is 797 g/mol. The minimum atomic E-state index is 0.203. The largest absolute Gasteiger partial charge is 0.502 e. The molecule has 56 heavy (non-hydrogen) atoms. The fourth-order valence-corrected chi connectivity index (χ4v) is 6.90. The Morgan fingerprint density at radius 1 is 0.714 bits per heavy atom. The van der Waals surface area contributed by atoms with Gasteiger partial charge < -0.3 is 37.9 Å². The van der Waals surface area contributed by atoms with E-state index in [0.29, 0.717) is 63.5 Å². The molecule has 6 atom stereocenters. The standard InChI is InChI=1S/C13H24O4.C10H18O.2C9H18O.C7H14O/c1-13(2,3)10(4-14-6-11-8-16-11)5-15-7-12-9-17-12;1-10(2,3)7-4-5-8-9(6-7)11-8;1-5-9(6-10-7-9)8(2,3)4;1-5-10-8-6-7-9(2,3)4;1-7(2,3)4-6-5-8-6/h10-12H,4-9H2,1-3H3;7-9H,4-6H2,1-3H3;5-7H2,1-4H3;5H,1,6-8H2,2-4H3;6H,4-5H2,1-3H3. The van der Waals surface area contributed by atoms with E-state index in [1.807, 2.05) is 0 Å². The summed E-state index contributed by atoms with van der Waals surface area (Å²) in [6, 6.07) is 0. The summed E-state index contributed by atoms with van der Waals surface area (Å²) in [5.41, 5.74) is 2.49. The molecule has 0 radical (unpaired) electrons. The van der Waals surface area contributed by atoms with Crippen molar-refractivity contribution in [1.82, 2.24) is 0 Å². The van der Waals surface area contributed by atoms with Gasteiger partial charge in [-0.05, 0) is 77.9 Å². The lowest BCUT2D eigenvalue weighted by atomic mass is 9.64. The molecule has 0 spiro atoms. The summed E-state index contributed by atoms with van der Waals surface area (Å²) >= 11 is 0. The smallest absolute Gasteiger partial charge is 0.104 e. The number of ether oxygens (including phenoxy) is 8. The van der Waals surface area contributed by atoms with E-state index in [9.17, 15) is 0 Å². The van der Waals surface area contributed by atoms with Crippen molar-refractivity contribution in [3.05, 3.63) is 12.8 Å². The van der Waals surface area contributed by atoms with Gasteiger partial charge in [-0.2, -0.15) is 0 Å². The average molecular weight is 797 g/mol. The highest BCUT2D eigenvalue weighted by atomic mass is 16.6. The Labute approximate surface area is 346 Å². The van der Waals surface area contributed by atoms with Crippen molar-refractivity contribution < 1.29 is 37.9 Å². The molecule has 0 bridgehead atoms. The van der Waals surface area contributed by atoms with Gasteiger partial charge in [-0.25, -0.2) is 0 Å². The molecule has 0 aromatic carbocycles. The van der Waals surface area contributed by atoms with Crippen molar-refractivity contribution in [1.29, 1.82) is 0 Å². The summed E-state index contributed by atoms with van der Waals surface area (Å²) in [5, 5.41) is 0. The van der Waals surface area contributed by atoms with Gasteiger partial charge in [0.2, 0.25) is 0 Å². The second-order valence-electron chi connectivity index (χ2n) is 22.9. The summed E-state index contributed by atoms with van der Waals surface area (Å²) in [6.07, 6.45) is 12.9. The van der Waals surface area contributed by atoms with Gasteiger partial charge in [-0.1, -0.05) is 117 Å². The topological polar surface area (TPSA) is 87.0 Å². The quantitative estimate of drug-likeness (QED) is 0.0976. The van der Waals surface area contributed by atoms with Crippen LogP contribution in [-0.4, -0.2) is 96.6 Å². The van der Waals surface area contributed by atoms with Crippen LogP contribution in [0.2, 0.25) is 0 Å². The van der Waals surface area contributed by atoms with Gasteiger partial charge in [0.1, 0.15) is 12.2 Å². The van der Waals surface area contributed by atoms with Crippen LogP contribution in [0, 0.1) is 44.3 Å². The fraction of sp³-hybridized carbons (Fsp3) is 0.958. The lowest BCUT2D eigenvalue weighted by Gasteiger charge is -2.50. The zero-order chi connectivity index (χ0) is 42.4. The van der Waals surface area contributed by atoms with Crippen molar-refractivity contribution in [3.8, 4) is 0 Å². The molecule has 5 saturated heterocycles. The van der Waals surface area contributed by atoms with E-state index in [4.69, 9.17) is 37.9 Å². The molecule has 6 fully saturated rings. The van der Waals surface area contributed by atoms with E-state index in [0.717, 1.165) is 78.4 Å². The van der Waals surface area contributed by atoms with Crippen molar-refractivity contribution in [2.24, 2.45) is 44.3 Å². The first kappa shape index (κ1) is 51.4. The number of fused-ring (bicyclic) bond motifs is 1. The number of hydrogen-bond acceptors (Lipinski definition) is 8. The average Bonchev–Trinajstić information content (AvgIpc) is 3.85. The highest BCUT2D eigenvalue weighted by Gasteiger charge is 2.47. The molecule has 8 nitrogen and oxygen atoms in total. The van der Waals surface area contributed by atoms with E-state index in [2.05, 4.69) is 117 Å². The van der Waals surface area contributed by atoms with Crippen LogP contribution < -0.4 is 0 Å². The molecule has 1 aliphatic carbocycles. The summed E-state index contributed by atoms with van der Waals surface area (Å²) in [6.45, 7) is 48.2. The maximum atomic E-state index is 5.68. The molecule has 5 heterocycles. The minimum Gasteiger partial charge on any atom is -0.502 e. The van der Waals surface area contributed by atoms with Crippen LogP contribution in [-0.2, 0) is 37.9 Å². The van der Waals surface area contributed by atoms with Crippen LogP contribution in [0.25, 0.3) is 0 Å². The van der Waals surface area contributed by atoms with Crippen LogP contribution in [0.1, 0.15) is 156 Å². The zero-order valence-electron chi connectivity index (χ0n) is 39.6. The minimum absolute atomic E-state index is 0.203. The Hall–Kier alpha value is -0.740. The van der Waals surface area contributed by atoms with Crippen molar-refractivity contribution >= 4 is 0 Å². The van der Waals surface area contributed by atoms with Crippen molar-refractivity contribution in [2.75, 3.05) is 66.1 Å². The summed E-state index contributed by atoms with van der Waals surface area (Å²) < 4.78 is 42.5. The normalized spacial score (nSPS) is 27.6. The number of rotatable bonds is 14. The molecule has 6 unspecified atom stereocenters. The number of hydrogen-bond donors (Lipinski definition) is 0. The molecule has 0 amide bonds. The number of epoxide rings is 4. The van der Waals surface area contributed by atoms with Crippen LogP contribution in [0.15, 0.2) is 12.8 Å². The first-order valence-electron chi connectivity index (χ1n) is 22.2. The SMILES string of the molecule is C=COCCCC(C)(C)C.CC(C)(C)C(COCC1CO1)COCC1CO1.CC(C)(C)C1CCC2OC2C1.CC(C)(C)CC1CO1.CCC1(C(C)(C)C)COC1. The van der Waals surface area contributed by atoms with Gasteiger partial charge in [0, 0.05) is 11.3 Å². The van der Waals surface area contributed by atoms with Crippen LogP contribution in [0.5, 0.6) is 0 Å². The summed E-state index contributed by atoms with van der Waals surface area (Å²) in [4.78, 5) is 0. The molecule has 6 aliphatic rings. The van der Waals surface area contributed by atoms with E-state index in [1.54, 1.807) is 0 Å². The van der Waals surface area contributed by atoms with Crippen molar-refractivity contribution in [2.45, 2.75) is 186 Å². The molecule has 1 saturated carbocycles. The predicted octanol–water partition coefficient (Wildman–Crippen LogP) is 11.3. The van der Waals surface area contributed by atoms with E-state index in [-0.39, 0.29) is 5.41 Å². The van der Waals surface area contributed by atoms with Crippen LogP contribution in [0.4, 0.5) is 0 Å². The third-order valence-electron chi connectivity index (χ3n) is 12.1. The third kappa shape index (κ3) is 23.2. The molecule has 0 aromatic rings. The Morgan fingerprint density at radius 3 is 1.52 bits per heavy atom. The molecule has 8 heteroatoms. The Morgan fingerprint density at radius 2 is 1.23 bits per heavy atom. The lowest BCUT2D eigenvalue weighted by Crippen LogP contribution is -2.51. The maximum Gasteiger partial charge on any atom is 0.104 e. The third-order valence-corrected chi connectivity index (χ3v) is 12.1. The molecular formula is C48H92O8. The van der Waals surface area contributed by atoms with E-state index < -0.39 is 0 Å². The fourth-order valence-electron chi connectivity index (χ4n) is 6.90. The highest BCUT2D eigenvalue weighted by Crippen LogP contribution is 2.47. The van der Waals surface area contributed by atoms with Gasteiger partial charge in [0.25, 0.3) is 0 Å². The van der Waals surface area contributed by atoms with Gasteiger partial charge in [-0.3, -0.25) is 0 Å². The molecule has 0 aromatic heterocycles. The molecule has 5 aliphatic heterocycles. The predicted molar refractivity (Wildman–Crippen MR) is 231 cm³/mol.